The summed E-state index contributed by atoms with van der Waals surface area (Å²) >= 11 is 0. The first-order valence-corrected chi connectivity index (χ1v) is 12.1. The standard InChI is InChI=1S/C26H30N2O9/c1-13-9-18-22(17(27-28-18)5-3-15-4-6-19-16(11-15)7-8-34-19)20(10-13)37-26(33)24(31)23(30)21(36-25(26)32)12-35-14(2)29/h4,6,9-11,21,23-25,30-33H,3,5,7-8,12H2,1-2H3,(H,27,28)/t21-,23-,24+,25-,26+/m1/s1. The van der Waals surface area contributed by atoms with E-state index in [-0.39, 0.29) is 5.75 Å². The van der Waals surface area contributed by atoms with E-state index >= 15 is 0 Å². The topological polar surface area (TPSA) is 164 Å². The summed E-state index contributed by atoms with van der Waals surface area (Å²) in [4.78, 5) is 11.1. The summed E-state index contributed by atoms with van der Waals surface area (Å²) in [6.07, 6.45) is -4.88. The Balaban J connectivity index is 1.40. The second-order valence-electron chi connectivity index (χ2n) is 9.52. The molecule has 1 saturated heterocycles. The van der Waals surface area contributed by atoms with Crippen LogP contribution in [0.3, 0.4) is 0 Å². The highest BCUT2D eigenvalue weighted by atomic mass is 16.7. The van der Waals surface area contributed by atoms with E-state index in [9.17, 15) is 25.2 Å². The van der Waals surface area contributed by atoms with Gasteiger partial charge in [0.1, 0.15) is 30.3 Å². The van der Waals surface area contributed by atoms with Crippen LogP contribution in [0.2, 0.25) is 0 Å². The molecule has 2 aliphatic rings. The van der Waals surface area contributed by atoms with Gasteiger partial charge in [0.05, 0.1) is 23.2 Å². The molecule has 2 aliphatic heterocycles. The number of ether oxygens (including phenoxy) is 4. The second kappa shape index (κ2) is 9.92. The molecule has 11 heteroatoms. The number of aromatic amines is 1. The summed E-state index contributed by atoms with van der Waals surface area (Å²) in [5, 5.41) is 50.9. The van der Waals surface area contributed by atoms with E-state index in [1.54, 1.807) is 6.07 Å². The molecule has 0 bridgehead atoms. The molecular formula is C26H30N2O9. The zero-order valence-corrected chi connectivity index (χ0v) is 20.5. The van der Waals surface area contributed by atoms with Crippen molar-refractivity contribution < 1.29 is 44.2 Å². The van der Waals surface area contributed by atoms with Crippen molar-refractivity contribution in [3.63, 3.8) is 0 Å². The molecule has 0 saturated carbocycles. The molecule has 5 rings (SSSR count). The molecule has 198 valence electrons. The third-order valence-corrected chi connectivity index (χ3v) is 6.76. The van der Waals surface area contributed by atoms with Crippen LogP contribution in [0, 0.1) is 6.92 Å². The number of carbonyl (C=O) groups is 1. The molecule has 0 aliphatic carbocycles. The van der Waals surface area contributed by atoms with Crippen molar-refractivity contribution >= 4 is 16.9 Å². The SMILES string of the molecule is CC(=O)OC[C@H]1O[C@@H](O)[C@@](O)(Oc2cc(C)cc3[nH]nc(CCc4ccc5c(c4)CCO5)c23)[C@@H](O)[C@@H]1O. The normalized spacial score (nSPS) is 27.1. The van der Waals surface area contributed by atoms with E-state index in [0.29, 0.717) is 36.0 Å². The minimum atomic E-state index is -2.71. The summed E-state index contributed by atoms with van der Waals surface area (Å²) in [6, 6.07) is 9.62. The number of hydrogen-bond donors (Lipinski definition) is 5. The fraction of sp³-hybridized carbons (Fsp3) is 0.462. The average molecular weight is 515 g/mol. The summed E-state index contributed by atoms with van der Waals surface area (Å²) in [7, 11) is 0. The molecule has 37 heavy (non-hydrogen) atoms. The van der Waals surface area contributed by atoms with Gasteiger partial charge in [-0.3, -0.25) is 9.89 Å². The largest absolute Gasteiger partial charge is 0.493 e. The minimum Gasteiger partial charge on any atom is -0.493 e. The molecule has 0 radical (unpaired) electrons. The van der Waals surface area contributed by atoms with Gasteiger partial charge in [-0.25, -0.2) is 0 Å². The molecule has 0 unspecified atom stereocenters. The van der Waals surface area contributed by atoms with Gasteiger partial charge < -0.3 is 39.4 Å². The molecule has 3 aromatic rings. The number of nitrogens with zero attached hydrogens (tertiary/aromatic N) is 1. The highest BCUT2D eigenvalue weighted by molar-refractivity contribution is 5.88. The van der Waals surface area contributed by atoms with Crippen molar-refractivity contribution in [1.82, 2.24) is 10.2 Å². The van der Waals surface area contributed by atoms with Crippen molar-refractivity contribution in [1.29, 1.82) is 0 Å². The van der Waals surface area contributed by atoms with Gasteiger partial charge in [0.15, 0.2) is 6.10 Å². The number of esters is 1. The van der Waals surface area contributed by atoms with Gasteiger partial charge in [0, 0.05) is 13.3 Å². The average Bonchev–Trinajstić information content (AvgIpc) is 3.49. The van der Waals surface area contributed by atoms with Gasteiger partial charge in [0.2, 0.25) is 6.29 Å². The lowest BCUT2D eigenvalue weighted by molar-refractivity contribution is -0.385. The molecule has 1 aromatic heterocycles. The molecular weight excluding hydrogens is 484 g/mol. The molecule has 5 atom stereocenters. The van der Waals surface area contributed by atoms with E-state index in [0.717, 1.165) is 23.3 Å². The van der Waals surface area contributed by atoms with Crippen LogP contribution < -0.4 is 9.47 Å². The van der Waals surface area contributed by atoms with Gasteiger partial charge in [0.25, 0.3) is 5.79 Å². The summed E-state index contributed by atoms with van der Waals surface area (Å²) in [6.45, 7) is 3.26. The Hall–Kier alpha value is -3.22. The van der Waals surface area contributed by atoms with Crippen molar-refractivity contribution in [3.05, 3.63) is 52.7 Å². The Labute approximate surface area is 212 Å². The number of aryl methyl sites for hydroxylation is 3. The Morgan fingerprint density at radius 1 is 1.22 bits per heavy atom. The van der Waals surface area contributed by atoms with Crippen molar-refractivity contribution in [2.75, 3.05) is 13.2 Å². The number of rotatable bonds is 7. The maximum absolute atomic E-state index is 11.1. The third kappa shape index (κ3) is 4.88. The number of aliphatic hydroxyl groups is 4. The third-order valence-electron chi connectivity index (χ3n) is 6.76. The Morgan fingerprint density at radius 2 is 2.03 bits per heavy atom. The Bertz CT molecular complexity index is 1310. The molecule has 11 nitrogen and oxygen atoms in total. The number of aromatic nitrogens is 2. The van der Waals surface area contributed by atoms with Crippen molar-refractivity contribution in [2.45, 2.75) is 63.5 Å². The highest BCUT2D eigenvalue weighted by Crippen LogP contribution is 2.37. The van der Waals surface area contributed by atoms with Gasteiger partial charge in [-0.15, -0.1) is 0 Å². The van der Waals surface area contributed by atoms with Crippen LogP contribution in [0.15, 0.2) is 30.3 Å². The van der Waals surface area contributed by atoms with Crippen LogP contribution in [-0.4, -0.2) is 80.2 Å². The van der Waals surface area contributed by atoms with Crippen molar-refractivity contribution in [3.8, 4) is 11.5 Å². The quantitative estimate of drug-likeness (QED) is 0.224. The predicted molar refractivity (Wildman–Crippen MR) is 129 cm³/mol. The van der Waals surface area contributed by atoms with E-state index in [2.05, 4.69) is 16.3 Å². The van der Waals surface area contributed by atoms with Crippen LogP contribution in [0.5, 0.6) is 11.5 Å². The number of fused-ring (bicyclic) bond motifs is 2. The fourth-order valence-electron chi connectivity index (χ4n) is 4.80. The van der Waals surface area contributed by atoms with Crippen molar-refractivity contribution in [2.24, 2.45) is 0 Å². The first-order valence-electron chi connectivity index (χ1n) is 12.1. The molecule has 3 heterocycles. The minimum absolute atomic E-state index is 0.149. The summed E-state index contributed by atoms with van der Waals surface area (Å²) in [5.41, 5.74) is 4.39. The first-order chi connectivity index (χ1) is 17.7. The van der Waals surface area contributed by atoms with Crippen LogP contribution in [0.4, 0.5) is 0 Å². The van der Waals surface area contributed by atoms with Gasteiger partial charge in [-0.05, 0) is 54.7 Å². The number of H-pyrrole nitrogens is 1. The monoisotopic (exact) mass is 514 g/mol. The predicted octanol–water partition coefficient (Wildman–Crippen LogP) is 0.661. The number of nitrogens with one attached hydrogen (secondary N) is 1. The Morgan fingerprint density at radius 3 is 2.81 bits per heavy atom. The Kier molecular flexibility index (Phi) is 6.82. The van der Waals surface area contributed by atoms with E-state index < -0.39 is 43.0 Å². The lowest BCUT2D eigenvalue weighted by Crippen LogP contribution is -2.69. The van der Waals surface area contributed by atoms with Crippen LogP contribution in [-0.2, 0) is 33.5 Å². The lowest BCUT2D eigenvalue weighted by Gasteiger charge is -2.45. The number of benzene rings is 2. The van der Waals surface area contributed by atoms with E-state index in [1.807, 2.05) is 25.1 Å². The molecule has 0 spiro atoms. The van der Waals surface area contributed by atoms with Crippen LogP contribution in [0.25, 0.3) is 10.9 Å². The van der Waals surface area contributed by atoms with Gasteiger partial charge in [-0.1, -0.05) is 12.1 Å². The smallest absolute Gasteiger partial charge is 0.302 e. The van der Waals surface area contributed by atoms with Gasteiger partial charge >= 0.3 is 5.97 Å². The fourth-order valence-corrected chi connectivity index (χ4v) is 4.80. The number of hydrogen-bond acceptors (Lipinski definition) is 10. The summed E-state index contributed by atoms with van der Waals surface area (Å²) < 4.78 is 21.5. The first kappa shape index (κ1) is 25.4. The van der Waals surface area contributed by atoms with Crippen LogP contribution >= 0.6 is 0 Å². The molecule has 2 aromatic carbocycles. The zero-order chi connectivity index (χ0) is 26.3. The lowest BCUT2D eigenvalue weighted by atomic mass is 9.95. The zero-order valence-electron chi connectivity index (χ0n) is 20.5. The maximum atomic E-state index is 11.1. The van der Waals surface area contributed by atoms with E-state index in [1.165, 1.54) is 12.5 Å². The maximum Gasteiger partial charge on any atom is 0.302 e. The summed E-state index contributed by atoms with van der Waals surface area (Å²) in [5.74, 6) is -2.27. The number of aliphatic hydroxyl groups excluding tert-OH is 3. The molecule has 5 N–H and O–H groups in total. The molecule has 0 amide bonds. The number of carbonyl (C=O) groups excluding carboxylic acids is 1. The van der Waals surface area contributed by atoms with E-state index in [4.69, 9.17) is 18.9 Å². The second-order valence-corrected chi connectivity index (χ2v) is 9.52. The van der Waals surface area contributed by atoms with Crippen LogP contribution in [0.1, 0.15) is 29.3 Å². The highest BCUT2D eigenvalue weighted by Gasteiger charge is 2.57. The molecule has 1 fully saturated rings. The van der Waals surface area contributed by atoms with Gasteiger partial charge in [-0.2, -0.15) is 5.10 Å².